The maximum absolute atomic E-state index is 12.4. The summed E-state index contributed by atoms with van der Waals surface area (Å²) in [5.41, 5.74) is 10.7. The van der Waals surface area contributed by atoms with Crippen LogP contribution < -0.4 is 22.1 Å². The molecular formula is C16H29N5O5. The molecule has 0 aromatic heterocycles. The molecule has 148 valence electrons. The highest BCUT2D eigenvalue weighted by Gasteiger charge is 2.34. The highest BCUT2D eigenvalue weighted by Crippen LogP contribution is 2.17. The van der Waals surface area contributed by atoms with Gasteiger partial charge in [0.05, 0.1) is 6.54 Å². The first-order valence-corrected chi connectivity index (χ1v) is 8.85. The van der Waals surface area contributed by atoms with Crippen molar-refractivity contribution in [3.63, 3.8) is 0 Å². The number of rotatable bonds is 10. The minimum atomic E-state index is -1.13. The van der Waals surface area contributed by atoms with Crippen molar-refractivity contribution >= 4 is 23.7 Å². The molecule has 10 heteroatoms. The van der Waals surface area contributed by atoms with Crippen molar-refractivity contribution in [1.29, 1.82) is 0 Å². The number of amides is 3. The molecule has 1 saturated heterocycles. The second kappa shape index (κ2) is 10.7. The van der Waals surface area contributed by atoms with Gasteiger partial charge in [0.2, 0.25) is 17.7 Å². The fourth-order valence-electron chi connectivity index (χ4n) is 2.88. The highest BCUT2D eigenvalue weighted by molar-refractivity contribution is 5.93. The van der Waals surface area contributed by atoms with E-state index in [2.05, 4.69) is 10.6 Å². The second-order valence-electron chi connectivity index (χ2n) is 6.36. The van der Waals surface area contributed by atoms with Gasteiger partial charge < -0.3 is 32.1 Å². The molecule has 3 unspecified atom stereocenters. The van der Waals surface area contributed by atoms with Crippen molar-refractivity contribution in [3.05, 3.63) is 0 Å². The van der Waals surface area contributed by atoms with E-state index in [-0.39, 0.29) is 18.9 Å². The molecule has 0 aromatic carbocycles. The largest absolute Gasteiger partial charge is 0.480 e. The van der Waals surface area contributed by atoms with Gasteiger partial charge in [-0.2, -0.15) is 0 Å². The van der Waals surface area contributed by atoms with Gasteiger partial charge in [-0.25, -0.2) is 4.79 Å². The SMILES string of the molecule is CC(NC(=O)C1CCCN1C(=O)CN)C(=O)NC(CCCCN)C(=O)O. The fourth-order valence-corrected chi connectivity index (χ4v) is 2.88. The van der Waals surface area contributed by atoms with E-state index in [1.807, 2.05) is 0 Å². The molecule has 3 amide bonds. The van der Waals surface area contributed by atoms with Crippen molar-refractivity contribution in [2.45, 2.75) is 57.2 Å². The lowest BCUT2D eigenvalue weighted by molar-refractivity contribution is -0.142. The number of unbranched alkanes of at least 4 members (excludes halogenated alkanes) is 1. The topological polar surface area (TPSA) is 168 Å². The molecule has 26 heavy (non-hydrogen) atoms. The number of nitrogens with zero attached hydrogens (tertiary/aromatic N) is 1. The van der Waals surface area contributed by atoms with E-state index >= 15 is 0 Å². The fraction of sp³-hybridized carbons (Fsp3) is 0.750. The summed E-state index contributed by atoms with van der Waals surface area (Å²) in [4.78, 5) is 49.0. The third-order valence-electron chi connectivity index (χ3n) is 4.36. The average molecular weight is 371 g/mol. The van der Waals surface area contributed by atoms with Crippen LogP contribution in [0.3, 0.4) is 0 Å². The van der Waals surface area contributed by atoms with Crippen LogP contribution in [0.4, 0.5) is 0 Å². The molecule has 10 nitrogen and oxygen atoms in total. The molecule has 7 N–H and O–H groups in total. The van der Waals surface area contributed by atoms with Crippen LogP contribution in [0.2, 0.25) is 0 Å². The summed E-state index contributed by atoms with van der Waals surface area (Å²) >= 11 is 0. The van der Waals surface area contributed by atoms with E-state index in [1.165, 1.54) is 11.8 Å². The molecule has 0 radical (unpaired) electrons. The van der Waals surface area contributed by atoms with Crippen LogP contribution in [-0.2, 0) is 19.2 Å². The van der Waals surface area contributed by atoms with Crippen molar-refractivity contribution < 1.29 is 24.3 Å². The maximum Gasteiger partial charge on any atom is 0.326 e. The normalized spacial score (nSPS) is 18.9. The Kier molecular flexibility index (Phi) is 9.00. The summed E-state index contributed by atoms with van der Waals surface area (Å²) in [5.74, 6) is -2.48. The lowest BCUT2D eigenvalue weighted by Gasteiger charge is -2.25. The predicted octanol–water partition coefficient (Wildman–Crippen LogP) is -1.86. The van der Waals surface area contributed by atoms with Gasteiger partial charge >= 0.3 is 5.97 Å². The minimum Gasteiger partial charge on any atom is -0.480 e. The summed E-state index contributed by atoms with van der Waals surface area (Å²) in [7, 11) is 0. The van der Waals surface area contributed by atoms with Crippen molar-refractivity contribution in [2.24, 2.45) is 11.5 Å². The molecule has 1 fully saturated rings. The number of carboxylic acid groups (broad SMARTS) is 1. The molecule has 1 heterocycles. The zero-order valence-corrected chi connectivity index (χ0v) is 15.1. The van der Waals surface area contributed by atoms with Crippen LogP contribution in [0.15, 0.2) is 0 Å². The van der Waals surface area contributed by atoms with Gasteiger partial charge in [0.25, 0.3) is 0 Å². The first-order chi connectivity index (χ1) is 12.3. The van der Waals surface area contributed by atoms with Crippen LogP contribution >= 0.6 is 0 Å². The summed E-state index contributed by atoms with van der Waals surface area (Å²) in [6, 6.07) is -2.61. The number of carboxylic acids is 1. The molecular weight excluding hydrogens is 342 g/mol. The number of nitrogens with one attached hydrogen (secondary N) is 2. The van der Waals surface area contributed by atoms with E-state index in [4.69, 9.17) is 11.5 Å². The first kappa shape index (κ1) is 21.8. The van der Waals surface area contributed by atoms with Crippen molar-refractivity contribution in [3.8, 4) is 0 Å². The van der Waals surface area contributed by atoms with Gasteiger partial charge in [0, 0.05) is 6.54 Å². The number of carbonyl (C=O) groups is 4. The number of aliphatic carboxylic acids is 1. The first-order valence-electron chi connectivity index (χ1n) is 8.85. The predicted molar refractivity (Wildman–Crippen MR) is 93.9 cm³/mol. The molecule has 0 aromatic rings. The Hall–Kier alpha value is -2.20. The summed E-state index contributed by atoms with van der Waals surface area (Å²) in [6.45, 7) is 2.20. The Morgan fingerprint density at radius 3 is 2.46 bits per heavy atom. The number of hydrogen-bond donors (Lipinski definition) is 5. The number of likely N-dealkylation sites (tertiary alicyclic amines) is 1. The number of nitrogens with two attached hydrogens (primary N) is 2. The molecule has 1 rings (SSSR count). The third-order valence-corrected chi connectivity index (χ3v) is 4.36. The van der Waals surface area contributed by atoms with Gasteiger partial charge in [0.15, 0.2) is 0 Å². The monoisotopic (exact) mass is 371 g/mol. The van der Waals surface area contributed by atoms with Gasteiger partial charge in [-0.15, -0.1) is 0 Å². The van der Waals surface area contributed by atoms with E-state index in [9.17, 15) is 24.3 Å². The molecule has 1 aliphatic rings. The maximum atomic E-state index is 12.4. The molecule has 0 spiro atoms. The Bertz CT molecular complexity index is 527. The quantitative estimate of drug-likeness (QED) is 0.280. The van der Waals surface area contributed by atoms with E-state index < -0.39 is 35.9 Å². The van der Waals surface area contributed by atoms with E-state index in [0.29, 0.717) is 38.8 Å². The summed E-state index contributed by atoms with van der Waals surface area (Å²) in [5, 5.41) is 14.2. The Labute approximate surface area is 152 Å². The van der Waals surface area contributed by atoms with Crippen molar-refractivity contribution in [2.75, 3.05) is 19.6 Å². The minimum absolute atomic E-state index is 0.178. The zero-order chi connectivity index (χ0) is 19.7. The highest BCUT2D eigenvalue weighted by atomic mass is 16.4. The number of hydrogen-bond acceptors (Lipinski definition) is 6. The third kappa shape index (κ3) is 6.26. The summed E-state index contributed by atoms with van der Waals surface area (Å²) < 4.78 is 0. The van der Waals surface area contributed by atoms with Crippen LogP contribution in [0.25, 0.3) is 0 Å². The van der Waals surface area contributed by atoms with Gasteiger partial charge in [-0.3, -0.25) is 14.4 Å². The average Bonchev–Trinajstić information content (AvgIpc) is 3.09. The van der Waals surface area contributed by atoms with Crippen LogP contribution in [0, 0.1) is 0 Å². The molecule has 3 atom stereocenters. The van der Waals surface area contributed by atoms with E-state index in [1.54, 1.807) is 0 Å². The van der Waals surface area contributed by atoms with Crippen LogP contribution in [0.5, 0.6) is 0 Å². The molecule has 0 aliphatic carbocycles. The van der Waals surface area contributed by atoms with Gasteiger partial charge in [-0.05, 0) is 45.6 Å². The molecule has 0 bridgehead atoms. The van der Waals surface area contributed by atoms with Crippen molar-refractivity contribution in [1.82, 2.24) is 15.5 Å². The second-order valence-corrected chi connectivity index (χ2v) is 6.36. The lowest BCUT2D eigenvalue weighted by atomic mass is 10.1. The Balaban J connectivity index is 2.57. The zero-order valence-electron chi connectivity index (χ0n) is 15.1. The van der Waals surface area contributed by atoms with E-state index in [0.717, 1.165) is 0 Å². The van der Waals surface area contributed by atoms with Crippen LogP contribution in [-0.4, -0.2) is 71.5 Å². The van der Waals surface area contributed by atoms with Crippen LogP contribution in [0.1, 0.15) is 39.0 Å². The standard InChI is InChI=1S/C16H29N5O5/c1-10(14(23)20-11(16(25)26)5-2-3-7-17)19-15(24)12-6-4-8-21(12)13(22)9-18/h10-12H,2-9,17-18H2,1H3,(H,19,24)(H,20,23)(H,25,26). The molecule has 0 saturated carbocycles. The Morgan fingerprint density at radius 2 is 1.88 bits per heavy atom. The molecule has 1 aliphatic heterocycles. The lowest BCUT2D eigenvalue weighted by Crippen LogP contribution is -2.54. The van der Waals surface area contributed by atoms with Gasteiger partial charge in [-0.1, -0.05) is 0 Å². The smallest absolute Gasteiger partial charge is 0.326 e. The Morgan fingerprint density at radius 1 is 1.19 bits per heavy atom. The summed E-state index contributed by atoms with van der Waals surface area (Å²) in [6.07, 6.45) is 2.70. The number of carbonyl (C=O) groups excluding carboxylic acids is 3. The van der Waals surface area contributed by atoms with Gasteiger partial charge in [0.1, 0.15) is 18.1 Å².